The van der Waals surface area contributed by atoms with Crippen LogP contribution in [0, 0.1) is 6.92 Å². The van der Waals surface area contributed by atoms with Crippen molar-refractivity contribution in [3.05, 3.63) is 72.4 Å². The molecule has 2 nitrogen and oxygen atoms in total. The highest BCUT2D eigenvalue weighted by Gasteiger charge is 2.25. The smallest absolute Gasteiger partial charge is 0.224 e. The molecule has 0 aliphatic rings. The van der Waals surface area contributed by atoms with Gasteiger partial charge in [-0.3, -0.25) is 0 Å². The maximum atomic E-state index is 2.53. The molecule has 0 saturated carbocycles. The predicted molar refractivity (Wildman–Crippen MR) is 120 cm³/mol. The van der Waals surface area contributed by atoms with E-state index in [0.717, 1.165) is 0 Å². The van der Waals surface area contributed by atoms with Crippen LogP contribution in [0.1, 0.15) is 5.56 Å². The summed E-state index contributed by atoms with van der Waals surface area (Å²) in [5, 5.41) is 6.74. The van der Waals surface area contributed by atoms with Crippen LogP contribution in [0.4, 0.5) is 0 Å². The molecule has 0 radical (unpaired) electrons. The van der Waals surface area contributed by atoms with Gasteiger partial charge in [-0.1, -0.05) is 42.5 Å². The average Bonchev–Trinajstić information content (AvgIpc) is 3.24. The normalized spacial score (nSPS) is 12.6. The first kappa shape index (κ1) is 14.8. The Morgan fingerprint density at radius 3 is 2.64 bits per heavy atom. The monoisotopic (exact) mass is 377 g/mol. The summed E-state index contributed by atoms with van der Waals surface area (Å²) in [6.07, 6.45) is 2.19. The number of hydrogen-bond acceptors (Lipinski definition) is 1. The zero-order chi connectivity index (χ0) is 18.6. The van der Waals surface area contributed by atoms with Crippen LogP contribution in [-0.4, -0.2) is 4.40 Å². The quantitative estimate of drug-likeness (QED) is 0.166. The first-order valence-electron chi connectivity index (χ1n) is 9.61. The van der Waals surface area contributed by atoms with Crippen LogP contribution in [0.2, 0.25) is 0 Å². The van der Waals surface area contributed by atoms with Crippen molar-refractivity contribution in [2.45, 2.75) is 6.92 Å². The molecule has 0 N–H and O–H groups in total. The molecule has 0 aliphatic carbocycles. The minimum absolute atomic E-state index is 1.30. The highest BCUT2D eigenvalue weighted by Crippen LogP contribution is 2.45. The number of pyridine rings is 2. The number of nitrogens with zero attached hydrogens (tertiary/aromatic N) is 2. The molecule has 0 fully saturated rings. The lowest BCUT2D eigenvalue weighted by molar-refractivity contribution is -0.643. The number of aryl methyl sites for hydroxylation is 2. The van der Waals surface area contributed by atoms with Crippen LogP contribution >= 0.6 is 11.3 Å². The molecule has 0 saturated heterocycles. The van der Waals surface area contributed by atoms with Crippen LogP contribution in [0.15, 0.2) is 66.9 Å². The molecular formula is C25H17N2S+. The maximum Gasteiger partial charge on any atom is 0.224 e. The fraction of sp³-hybridized carbons (Fsp3) is 0.0800. The fourth-order valence-corrected chi connectivity index (χ4v) is 6.29. The van der Waals surface area contributed by atoms with E-state index in [1.807, 2.05) is 11.3 Å². The summed E-state index contributed by atoms with van der Waals surface area (Å²) in [5.41, 5.74) is 6.67. The Balaban J connectivity index is 2.00. The minimum atomic E-state index is 1.30. The number of fused-ring (bicyclic) bond motifs is 7. The van der Waals surface area contributed by atoms with E-state index in [4.69, 9.17) is 0 Å². The van der Waals surface area contributed by atoms with Crippen LogP contribution < -0.4 is 4.57 Å². The van der Waals surface area contributed by atoms with E-state index in [1.165, 1.54) is 64.0 Å². The van der Waals surface area contributed by atoms with Crippen molar-refractivity contribution in [1.82, 2.24) is 4.40 Å². The van der Waals surface area contributed by atoms with Gasteiger partial charge in [-0.15, -0.1) is 11.3 Å². The summed E-state index contributed by atoms with van der Waals surface area (Å²) in [4.78, 5) is 0. The van der Waals surface area contributed by atoms with Crippen molar-refractivity contribution in [3.63, 3.8) is 0 Å². The molecule has 28 heavy (non-hydrogen) atoms. The highest BCUT2D eigenvalue weighted by atomic mass is 32.1. The summed E-state index contributed by atoms with van der Waals surface area (Å²) >= 11 is 1.91. The molecule has 132 valence electrons. The molecule has 3 aromatic carbocycles. The Labute approximate surface area is 165 Å². The van der Waals surface area contributed by atoms with E-state index in [-0.39, 0.29) is 0 Å². The third-order valence-electron chi connectivity index (χ3n) is 6.27. The lowest BCUT2D eigenvalue weighted by Crippen LogP contribution is -2.28. The molecule has 7 aromatic rings. The zero-order valence-corrected chi connectivity index (χ0v) is 16.5. The number of thiophene rings is 1. The standard InChI is InChI=1S/C25H17N2S/c1-14-10-11-17-22-20(14)24-21-15(12-13-26(24)2)6-5-8-18(21)27(22)23-16-7-3-4-9-19(16)28-25(17)23/h3-13H,1-2H3/q+1. The third-order valence-corrected chi connectivity index (χ3v) is 7.46. The molecule has 0 spiro atoms. The Bertz CT molecular complexity index is 1730. The molecule has 0 atom stereocenters. The van der Waals surface area contributed by atoms with Gasteiger partial charge in [0.1, 0.15) is 7.05 Å². The van der Waals surface area contributed by atoms with E-state index in [1.54, 1.807) is 0 Å². The van der Waals surface area contributed by atoms with Crippen molar-refractivity contribution in [1.29, 1.82) is 0 Å². The fourth-order valence-electron chi connectivity index (χ4n) is 5.08. The van der Waals surface area contributed by atoms with Crippen molar-refractivity contribution in [2.75, 3.05) is 0 Å². The topological polar surface area (TPSA) is 8.29 Å². The van der Waals surface area contributed by atoms with Gasteiger partial charge in [0, 0.05) is 21.5 Å². The SMILES string of the molecule is Cc1ccc2c3sc4ccccc4c3n3c4cccc5cc[n+](C)c(c1c23)c54. The zero-order valence-electron chi connectivity index (χ0n) is 15.7. The first-order valence-corrected chi connectivity index (χ1v) is 10.4. The van der Waals surface area contributed by atoms with Gasteiger partial charge in [0.2, 0.25) is 5.52 Å². The number of rotatable bonds is 0. The molecule has 3 heteroatoms. The van der Waals surface area contributed by atoms with Crippen molar-refractivity contribution in [2.24, 2.45) is 7.05 Å². The highest BCUT2D eigenvalue weighted by molar-refractivity contribution is 7.26. The van der Waals surface area contributed by atoms with Gasteiger partial charge < -0.3 is 4.40 Å². The summed E-state index contributed by atoms with van der Waals surface area (Å²) in [5.74, 6) is 0. The molecule has 4 aromatic heterocycles. The van der Waals surface area contributed by atoms with E-state index < -0.39 is 0 Å². The third kappa shape index (κ3) is 1.55. The average molecular weight is 377 g/mol. The molecular weight excluding hydrogens is 360 g/mol. The Morgan fingerprint density at radius 1 is 0.821 bits per heavy atom. The Morgan fingerprint density at radius 2 is 1.71 bits per heavy atom. The molecule has 4 heterocycles. The van der Waals surface area contributed by atoms with Gasteiger partial charge in [0.15, 0.2) is 6.20 Å². The van der Waals surface area contributed by atoms with Gasteiger partial charge in [-0.2, -0.15) is 0 Å². The largest absolute Gasteiger partial charge is 0.306 e. The second-order valence-electron chi connectivity index (χ2n) is 7.78. The van der Waals surface area contributed by atoms with Crippen molar-refractivity contribution in [3.8, 4) is 0 Å². The first-order chi connectivity index (χ1) is 13.7. The van der Waals surface area contributed by atoms with Gasteiger partial charge in [0.05, 0.1) is 32.0 Å². The summed E-state index contributed by atoms with van der Waals surface area (Å²) in [7, 11) is 2.17. The maximum absolute atomic E-state index is 2.53. The Hall–Kier alpha value is -3.17. The van der Waals surface area contributed by atoms with E-state index >= 15 is 0 Å². The van der Waals surface area contributed by atoms with E-state index in [9.17, 15) is 0 Å². The molecule has 0 aliphatic heterocycles. The minimum Gasteiger partial charge on any atom is -0.306 e. The number of benzene rings is 3. The van der Waals surface area contributed by atoms with Gasteiger partial charge in [-0.05, 0) is 30.0 Å². The van der Waals surface area contributed by atoms with Gasteiger partial charge >= 0.3 is 0 Å². The van der Waals surface area contributed by atoms with Gasteiger partial charge in [0.25, 0.3) is 0 Å². The lowest BCUT2D eigenvalue weighted by Gasteiger charge is -2.12. The molecule has 7 rings (SSSR count). The Kier molecular flexibility index (Phi) is 2.55. The summed E-state index contributed by atoms with van der Waals surface area (Å²) in [6, 6.07) is 22.3. The molecule has 0 amide bonds. The van der Waals surface area contributed by atoms with Crippen LogP contribution in [0.25, 0.3) is 58.4 Å². The van der Waals surface area contributed by atoms with E-state index in [0.29, 0.717) is 0 Å². The lowest BCUT2D eigenvalue weighted by atomic mass is 10.0. The summed E-state index contributed by atoms with van der Waals surface area (Å²) < 4.78 is 7.57. The summed E-state index contributed by atoms with van der Waals surface area (Å²) in [6.45, 7) is 2.24. The van der Waals surface area contributed by atoms with E-state index in [2.05, 4.69) is 89.8 Å². The molecule has 0 bridgehead atoms. The second-order valence-corrected chi connectivity index (χ2v) is 8.83. The predicted octanol–water partition coefficient (Wildman–Crippen LogP) is 6.34. The van der Waals surface area contributed by atoms with Crippen molar-refractivity contribution < 1.29 is 4.57 Å². The number of hydrogen-bond donors (Lipinski definition) is 0. The van der Waals surface area contributed by atoms with Crippen molar-refractivity contribution >= 4 is 69.7 Å². The molecule has 0 unspecified atom stereocenters. The van der Waals surface area contributed by atoms with Gasteiger partial charge in [-0.25, -0.2) is 4.57 Å². The number of aromatic nitrogens is 2. The second kappa shape index (κ2) is 4.81. The van der Waals surface area contributed by atoms with Crippen LogP contribution in [-0.2, 0) is 7.05 Å². The van der Waals surface area contributed by atoms with Crippen LogP contribution in [0.3, 0.4) is 0 Å². The van der Waals surface area contributed by atoms with Crippen LogP contribution in [0.5, 0.6) is 0 Å².